The van der Waals surface area contributed by atoms with Crippen LogP contribution in [0.4, 0.5) is 14.5 Å². The zero-order chi connectivity index (χ0) is 45.7. The molecule has 1 aliphatic carbocycles. The van der Waals surface area contributed by atoms with Gasteiger partial charge in [-0.05, 0) is 88.1 Å². The van der Waals surface area contributed by atoms with E-state index in [4.69, 9.17) is 5.41 Å². The molecule has 15 nitrogen and oxygen atoms in total. The molecule has 64 heavy (non-hydrogen) atoms. The standard InChI is InChI=1S/C47H64F2N10O5/c1-28-21-35-42(47(64)59(46(35)63)39-10-11-41(61)55-45(39)62)38(22-28)53-15-6-4-5-7-16-56-18-12-32(13-19-56)54-37-14-20-57(29(2)60)27-36(37)44(51)58-17-8-9-30-23-33(31(25-50)26-52-3)34(43(48)49)24-40(30)58/h22-25,28,31-32,39,43,50-54H,4-21,26-27H2,1-3H3,(H,55,61,62). The molecule has 1 aromatic carbocycles. The fourth-order valence-corrected chi connectivity index (χ4v) is 10.2. The number of likely N-dealkylation sites (N-methyl/N-ethyl adjacent to an activating group) is 1. The number of amidine groups is 1. The van der Waals surface area contributed by atoms with Crippen LogP contribution >= 0.6 is 0 Å². The van der Waals surface area contributed by atoms with Crippen LogP contribution in [0.1, 0.15) is 114 Å². The molecule has 6 aliphatic rings. The minimum Gasteiger partial charge on any atom is -0.385 e. The summed E-state index contributed by atoms with van der Waals surface area (Å²) in [6.45, 7) is 8.77. The number of unbranched alkanes of at least 4 members (excludes halogenated alkanes) is 3. The molecule has 7 rings (SSSR count). The van der Waals surface area contributed by atoms with Crippen molar-refractivity contribution in [1.82, 2.24) is 36.0 Å². The lowest BCUT2D eigenvalue weighted by atomic mass is 9.88. The highest BCUT2D eigenvalue weighted by atomic mass is 19.3. The third-order valence-corrected chi connectivity index (χ3v) is 13.7. The van der Waals surface area contributed by atoms with E-state index in [-0.39, 0.29) is 48.7 Å². The average molecular weight is 887 g/mol. The van der Waals surface area contributed by atoms with Gasteiger partial charge in [0.2, 0.25) is 17.7 Å². The minimum absolute atomic E-state index is 0.0556. The number of fused-ring (bicyclic) bond motifs is 1. The number of benzene rings is 1. The minimum atomic E-state index is -2.73. The molecule has 5 amide bonds. The normalized spacial score (nSPS) is 22.7. The first-order chi connectivity index (χ1) is 30.8. The zero-order valence-corrected chi connectivity index (χ0v) is 37.4. The number of aryl methyl sites for hydroxylation is 1. The maximum Gasteiger partial charge on any atom is 0.264 e. The molecule has 2 fully saturated rings. The molecule has 3 unspecified atom stereocenters. The predicted molar refractivity (Wildman–Crippen MR) is 240 cm³/mol. The summed E-state index contributed by atoms with van der Waals surface area (Å²) in [7, 11) is 1.74. The third-order valence-electron chi connectivity index (χ3n) is 13.7. The maximum absolute atomic E-state index is 14.6. The van der Waals surface area contributed by atoms with Crippen LogP contribution in [0.15, 0.2) is 46.3 Å². The van der Waals surface area contributed by atoms with Crippen molar-refractivity contribution in [2.75, 3.05) is 64.3 Å². The van der Waals surface area contributed by atoms with E-state index in [1.165, 1.54) is 19.2 Å². The smallest absolute Gasteiger partial charge is 0.264 e. The lowest BCUT2D eigenvalue weighted by molar-refractivity contribution is -0.150. The monoisotopic (exact) mass is 887 g/mol. The molecule has 6 N–H and O–H groups in total. The molecular weight excluding hydrogens is 823 g/mol. The van der Waals surface area contributed by atoms with Crippen LogP contribution in [0, 0.1) is 16.7 Å². The summed E-state index contributed by atoms with van der Waals surface area (Å²) in [4.78, 5) is 70.8. The fraction of sp³-hybridized carbons (Fsp3) is 0.596. The van der Waals surface area contributed by atoms with E-state index < -0.39 is 42.0 Å². The Morgan fingerprint density at radius 2 is 1.73 bits per heavy atom. The molecule has 17 heteroatoms. The second-order valence-electron chi connectivity index (χ2n) is 18.2. The Bertz CT molecular complexity index is 2130. The van der Waals surface area contributed by atoms with Gasteiger partial charge in [0.25, 0.3) is 18.2 Å². The SMILES string of the molecule is CNCC(C=N)c1cc2c(cc1C(F)F)N(C(=N)C1=C(NC3CCN(CCCCCCNC4=CC(C)CC5=C4C(=O)N(C4CCC(=O)NC4=O)C5=O)CC3)CCN(C(C)=O)C1)CCC2. The Labute approximate surface area is 374 Å². The summed E-state index contributed by atoms with van der Waals surface area (Å²) in [6.07, 6.45) is 9.03. The number of amides is 5. The highest BCUT2D eigenvalue weighted by Gasteiger charge is 2.48. The van der Waals surface area contributed by atoms with Gasteiger partial charge in [-0.25, -0.2) is 8.78 Å². The lowest BCUT2D eigenvalue weighted by Crippen LogP contribution is -2.54. The molecule has 3 atom stereocenters. The molecule has 0 spiro atoms. The molecule has 346 valence electrons. The molecule has 5 aliphatic heterocycles. The van der Waals surface area contributed by atoms with E-state index in [1.54, 1.807) is 18.0 Å². The number of likely N-dealkylation sites (tertiary alicyclic amines) is 1. The lowest BCUT2D eigenvalue weighted by Gasteiger charge is -2.39. The van der Waals surface area contributed by atoms with Crippen LogP contribution in [0.2, 0.25) is 0 Å². The van der Waals surface area contributed by atoms with Gasteiger partial charge in [0, 0.05) is 111 Å². The summed E-state index contributed by atoms with van der Waals surface area (Å²) in [5, 5.41) is 29.9. The van der Waals surface area contributed by atoms with Gasteiger partial charge in [0.1, 0.15) is 11.9 Å². The van der Waals surface area contributed by atoms with E-state index >= 15 is 0 Å². The van der Waals surface area contributed by atoms with E-state index in [0.29, 0.717) is 73.5 Å². The van der Waals surface area contributed by atoms with Crippen LogP contribution in [-0.2, 0) is 30.4 Å². The van der Waals surface area contributed by atoms with Crippen LogP contribution in [0.5, 0.6) is 0 Å². The summed E-state index contributed by atoms with van der Waals surface area (Å²) in [5.41, 5.74) is 4.94. The molecule has 0 bridgehead atoms. The van der Waals surface area contributed by atoms with E-state index in [2.05, 4.69) is 26.2 Å². The zero-order valence-electron chi connectivity index (χ0n) is 37.4. The van der Waals surface area contributed by atoms with Crippen molar-refractivity contribution in [1.29, 1.82) is 10.8 Å². The number of allylic oxidation sites excluding steroid dienone is 1. The number of hydrogen-bond acceptors (Lipinski definition) is 11. The van der Waals surface area contributed by atoms with Gasteiger partial charge < -0.3 is 36.1 Å². The highest BCUT2D eigenvalue weighted by molar-refractivity contribution is 6.23. The number of anilines is 1. The molecular formula is C47H64F2N10O5. The number of nitrogens with one attached hydrogen (secondary N) is 6. The van der Waals surface area contributed by atoms with Gasteiger partial charge in [-0.2, -0.15) is 0 Å². The topological polar surface area (TPSA) is 194 Å². The average Bonchev–Trinajstić information content (AvgIpc) is 3.52. The summed E-state index contributed by atoms with van der Waals surface area (Å²) in [5.74, 6) is -2.17. The number of carbonyl (C=O) groups is 5. The fourth-order valence-electron chi connectivity index (χ4n) is 10.2. The number of alkyl halides is 2. The molecule has 5 heterocycles. The number of carbonyl (C=O) groups excluding carboxylic acids is 5. The van der Waals surface area contributed by atoms with Crippen molar-refractivity contribution < 1.29 is 32.8 Å². The Morgan fingerprint density at radius 1 is 0.969 bits per heavy atom. The van der Waals surface area contributed by atoms with Crippen molar-refractivity contribution in [3.05, 3.63) is 63.0 Å². The third kappa shape index (κ3) is 10.1. The van der Waals surface area contributed by atoms with Crippen LogP contribution in [-0.4, -0.2) is 128 Å². The number of halogens is 2. The first-order valence-corrected chi connectivity index (χ1v) is 23.1. The second kappa shape index (κ2) is 20.7. The quantitative estimate of drug-likeness (QED) is 0.0565. The van der Waals surface area contributed by atoms with Gasteiger partial charge in [-0.15, -0.1) is 0 Å². The van der Waals surface area contributed by atoms with E-state index in [1.807, 2.05) is 17.9 Å². The molecule has 0 aromatic heterocycles. The Morgan fingerprint density at radius 3 is 2.44 bits per heavy atom. The Balaban J connectivity index is 0.892. The van der Waals surface area contributed by atoms with Crippen molar-refractivity contribution in [2.24, 2.45) is 5.92 Å². The van der Waals surface area contributed by atoms with Crippen molar-refractivity contribution in [2.45, 2.75) is 115 Å². The van der Waals surface area contributed by atoms with Crippen molar-refractivity contribution in [3.63, 3.8) is 0 Å². The van der Waals surface area contributed by atoms with Crippen molar-refractivity contribution in [3.8, 4) is 0 Å². The van der Waals surface area contributed by atoms with Crippen LogP contribution in [0.3, 0.4) is 0 Å². The Hall–Kier alpha value is -5.29. The van der Waals surface area contributed by atoms with Crippen LogP contribution in [0.25, 0.3) is 0 Å². The number of nitrogens with zero attached hydrogens (tertiary/aromatic N) is 4. The predicted octanol–water partition coefficient (Wildman–Crippen LogP) is 4.41. The van der Waals surface area contributed by atoms with Crippen LogP contribution < -0.4 is 26.2 Å². The summed E-state index contributed by atoms with van der Waals surface area (Å²) < 4.78 is 29.1. The van der Waals surface area contributed by atoms with E-state index in [9.17, 15) is 38.2 Å². The molecule has 0 radical (unpaired) electrons. The van der Waals surface area contributed by atoms with Gasteiger partial charge in [0.05, 0.1) is 12.1 Å². The van der Waals surface area contributed by atoms with E-state index in [0.717, 1.165) is 86.3 Å². The highest BCUT2D eigenvalue weighted by Crippen LogP contribution is 2.39. The summed E-state index contributed by atoms with van der Waals surface area (Å²) in [6, 6.07) is 2.56. The summed E-state index contributed by atoms with van der Waals surface area (Å²) >= 11 is 0. The second-order valence-corrected chi connectivity index (χ2v) is 18.2. The molecule has 1 aromatic rings. The maximum atomic E-state index is 14.6. The first-order valence-electron chi connectivity index (χ1n) is 23.1. The molecule has 2 saturated heterocycles. The first kappa shape index (κ1) is 46.7. The number of imide groups is 2. The van der Waals surface area contributed by atoms with Gasteiger partial charge in [-0.1, -0.05) is 31.9 Å². The Kier molecular flexibility index (Phi) is 15.1. The van der Waals surface area contributed by atoms with Gasteiger partial charge in [0.15, 0.2) is 0 Å². The number of rotatable bonds is 17. The largest absolute Gasteiger partial charge is 0.385 e. The van der Waals surface area contributed by atoms with Gasteiger partial charge >= 0.3 is 0 Å². The van der Waals surface area contributed by atoms with Gasteiger partial charge in [-0.3, -0.25) is 39.6 Å². The number of piperidine rings is 2. The number of hydrogen-bond donors (Lipinski definition) is 6. The molecule has 0 saturated carbocycles. The van der Waals surface area contributed by atoms with Crippen molar-refractivity contribution >= 4 is 47.3 Å².